The standard InChI is InChI=1S/C19H20N2O4/c1-4-25-14-10-9-12-7-5-6-8-13(12)16(14)17-15(18(22)24-3)11(2)20-19(23)21-17/h5-10,17H,4H2,1-3H3,(H2,20,21,23)/t17-/m0/s1. The van der Waals surface area contributed by atoms with E-state index in [-0.39, 0.29) is 6.03 Å². The van der Waals surface area contributed by atoms with Gasteiger partial charge in [-0.05, 0) is 30.7 Å². The van der Waals surface area contributed by atoms with Gasteiger partial charge in [-0.1, -0.05) is 30.3 Å². The van der Waals surface area contributed by atoms with E-state index in [1.54, 1.807) is 6.92 Å². The van der Waals surface area contributed by atoms with Gasteiger partial charge in [-0.25, -0.2) is 9.59 Å². The summed E-state index contributed by atoms with van der Waals surface area (Å²) in [5.41, 5.74) is 1.57. The number of allylic oxidation sites excluding steroid dienone is 1. The molecule has 1 aliphatic rings. The minimum absolute atomic E-state index is 0.361. The van der Waals surface area contributed by atoms with Gasteiger partial charge in [0.25, 0.3) is 0 Å². The lowest BCUT2D eigenvalue weighted by Crippen LogP contribution is -2.45. The molecule has 6 heteroatoms. The molecule has 0 spiro atoms. The Labute approximate surface area is 145 Å². The first-order chi connectivity index (χ1) is 12.1. The maximum atomic E-state index is 12.4. The second-order valence-corrected chi connectivity index (χ2v) is 5.69. The third-order valence-corrected chi connectivity index (χ3v) is 4.19. The quantitative estimate of drug-likeness (QED) is 0.839. The predicted octanol–water partition coefficient (Wildman–Crippen LogP) is 3.04. The van der Waals surface area contributed by atoms with Gasteiger partial charge in [-0.2, -0.15) is 0 Å². The fourth-order valence-corrected chi connectivity index (χ4v) is 3.15. The molecule has 2 aromatic rings. The number of nitrogens with one attached hydrogen (secondary N) is 2. The molecule has 0 saturated heterocycles. The summed E-state index contributed by atoms with van der Waals surface area (Å²) in [4.78, 5) is 24.4. The monoisotopic (exact) mass is 340 g/mol. The van der Waals surface area contributed by atoms with Crippen LogP contribution < -0.4 is 15.4 Å². The summed E-state index contributed by atoms with van der Waals surface area (Å²) in [5, 5.41) is 7.37. The van der Waals surface area contributed by atoms with Crippen molar-refractivity contribution in [2.75, 3.05) is 13.7 Å². The summed E-state index contributed by atoms with van der Waals surface area (Å²) in [5.74, 6) is 0.132. The summed E-state index contributed by atoms with van der Waals surface area (Å²) in [7, 11) is 1.32. The number of urea groups is 1. The van der Waals surface area contributed by atoms with Crippen molar-refractivity contribution in [2.24, 2.45) is 0 Å². The van der Waals surface area contributed by atoms with E-state index in [0.717, 1.165) is 16.3 Å². The maximum absolute atomic E-state index is 12.4. The third-order valence-electron chi connectivity index (χ3n) is 4.19. The highest BCUT2D eigenvalue weighted by atomic mass is 16.5. The zero-order valence-electron chi connectivity index (χ0n) is 14.4. The number of methoxy groups -OCH3 is 1. The van der Waals surface area contributed by atoms with Gasteiger partial charge >= 0.3 is 12.0 Å². The molecule has 0 unspecified atom stereocenters. The highest BCUT2D eigenvalue weighted by Gasteiger charge is 2.34. The van der Waals surface area contributed by atoms with Gasteiger partial charge in [0.2, 0.25) is 0 Å². The van der Waals surface area contributed by atoms with E-state index in [1.807, 2.05) is 43.3 Å². The van der Waals surface area contributed by atoms with E-state index >= 15 is 0 Å². The normalized spacial score (nSPS) is 17.1. The minimum atomic E-state index is -0.658. The van der Waals surface area contributed by atoms with Crippen LogP contribution in [0.15, 0.2) is 47.7 Å². The predicted molar refractivity (Wildman–Crippen MR) is 94.2 cm³/mol. The fraction of sp³-hybridized carbons (Fsp3) is 0.263. The largest absolute Gasteiger partial charge is 0.493 e. The highest BCUT2D eigenvalue weighted by molar-refractivity contribution is 5.98. The lowest BCUT2D eigenvalue weighted by atomic mass is 9.90. The number of benzene rings is 2. The SMILES string of the molecule is CCOc1ccc2ccccc2c1[C@H]1NC(=O)NC(C)=C1C(=O)OC. The molecule has 1 atom stereocenters. The number of rotatable bonds is 4. The molecule has 0 aliphatic carbocycles. The van der Waals surface area contributed by atoms with Crippen molar-refractivity contribution in [2.45, 2.75) is 19.9 Å². The van der Waals surface area contributed by atoms with Crippen LogP contribution in [0.5, 0.6) is 5.75 Å². The van der Waals surface area contributed by atoms with E-state index in [9.17, 15) is 9.59 Å². The van der Waals surface area contributed by atoms with Gasteiger partial charge in [0.05, 0.1) is 25.3 Å². The molecule has 1 heterocycles. The van der Waals surface area contributed by atoms with Crippen molar-refractivity contribution >= 4 is 22.8 Å². The van der Waals surface area contributed by atoms with Crippen LogP contribution >= 0.6 is 0 Å². The first-order valence-corrected chi connectivity index (χ1v) is 8.07. The lowest BCUT2D eigenvalue weighted by molar-refractivity contribution is -0.136. The van der Waals surface area contributed by atoms with E-state index in [2.05, 4.69) is 10.6 Å². The Balaban J connectivity index is 2.28. The number of fused-ring (bicyclic) bond motifs is 1. The molecular weight excluding hydrogens is 320 g/mol. The van der Waals surface area contributed by atoms with Gasteiger partial charge in [-0.3, -0.25) is 0 Å². The van der Waals surface area contributed by atoms with Gasteiger partial charge in [-0.15, -0.1) is 0 Å². The Kier molecular flexibility index (Phi) is 4.61. The number of esters is 1. The van der Waals surface area contributed by atoms with Crippen LogP contribution in [0.1, 0.15) is 25.5 Å². The molecule has 0 radical (unpaired) electrons. The molecule has 1 aliphatic heterocycles. The topological polar surface area (TPSA) is 76.7 Å². The zero-order chi connectivity index (χ0) is 18.0. The summed E-state index contributed by atoms with van der Waals surface area (Å²) >= 11 is 0. The Morgan fingerprint density at radius 1 is 1.20 bits per heavy atom. The van der Waals surface area contributed by atoms with Crippen LogP contribution in [0.4, 0.5) is 4.79 Å². The van der Waals surface area contributed by atoms with Crippen LogP contribution in [0.2, 0.25) is 0 Å². The molecule has 0 saturated carbocycles. The molecular formula is C19H20N2O4. The number of amides is 2. The van der Waals surface area contributed by atoms with Crippen molar-refractivity contribution in [1.29, 1.82) is 0 Å². The molecule has 0 bridgehead atoms. The Morgan fingerprint density at radius 3 is 2.68 bits per heavy atom. The van der Waals surface area contributed by atoms with E-state index in [1.165, 1.54) is 7.11 Å². The Hall–Kier alpha value is -3.02. The number of ether oxygens (including phenoxy) is 2. The average Bonchev–Trinajstić information content (AvgIpc) is 2.60. The highest BCUT2D eigenvalue weighted by Crippen LogP contribution is 2.38. The van der Waals surface area contributed by atoms with Gasteiger partial charge in [0.15, 0.2) is 0 Å². The molecule has 3 rings (SSSR count). The molecule has 6 nitrogen and oxygen atoms in total. The van der Waals surface area contributed by atoms with Gasteiger partial charge in [0, 0.05) is 11.3 Å². The van der Waals surface area contributed by atoms with Crippen molar-refractivity contribution in [1.82, 2.24) is 10.6 Å². The molecule has 0 fully saturated rings. The van der Waals surface area contributed by atoms with E-state index in [4.69, 9.17) is 9.47 Å². The summed E-state index contributed by atoms with van der Waals surface area (Å²) < 4.78 is 10.7. The third kappa shape index (κ3) is 3.03. The lowest BCUT2D eigenvalue weighted by Gasteiger charge is -2.29. The fourth-order valence-electron chi connectivity index (χ4n) is 3.15. The van der Waals surface area contributed by atoms with Crippen LogP contribution in [-0.4, -0.2) is 25.7 Å². The van der Waals surface area contributed by atoms with Crippen molar-refractivity contribution in [3.63, 3.8) is 0 Å². The van der Waals surface area contributed by atoms with Crippen LogP contribution in [0.3, 0.4) is 0 Å². The number of hydrogen-bond acceptors (Lipinski definition) is 4. The smallest absolute Gasteiger partial charge is 0.337 e. The second kappa shape index (κ2) is 6.84. The van der Waals surface area contributed by atoms with Gasteiger partial charge in [0.1, 0.15) is 5.75 Å². The van der Waals surface area contributed by atoms with Crippen LogP contribution in [-0.2, 0) is 9.53 Å². The number of carbonyl (C=O) groups excluding carboxylic acids is 2. The Bertz CT molecular complexity index is 873. The molecule has 2 N–H and O–H groups in total. The molecule has 2 amide bonds. The van der Waals surface area contributed by atoms with Gasteiger partial charge < -0.3 is 20.1 Å². The summed E-state index contributed by atoms with van der Waals surface area (Å²) in [6.45, 7) is 4.05. The zero-order valence-corrected chi connectivity index (χ0v) is 14.4. The first-order valence-electron chi connectivity index (χ1n) is 8.07. The summed E-state index contributed by atoms with van der Waals surface area (Å²) in [6, 6.07) is 10.6. The van der Waals surface area contributed by atoms with Crippen molar-refractivity contribution in [3.8, 4) is 5.75 Å². The van der Waals surface area contributed by atoms with Crippen LogP contribution in [0, 0.1) is 0 Å². The maximum Gasteiger partial charge on any atom is 0.337 e. The van der Waals surface area contributed by atoms with Crippen LogP contribution in [0.25, 0.3) is 10.8 Å². The van der Waals surface area contributed by atoms with Crippen molar-refractivity contribution < 1.29 is 19.1 Å². The number of carbonyl (C=O) groups is 2. The Morgan fingerprint density at radius 2 is 1.96 bits per heavy atom. The average molecular weight is 340 g/mol. The van der Waals surface area contributed by atoms with Crippen molar-refractivity contribution in [3.05, 3.63) is 53.2 Å². The summed E-state index contributed by atoms with van der Waals surface area (Å²) in [6.07, 6.45) is 0. The first kappa shape index (κ1) is 16.8. The second-order valence-electron chi connectivity index (χ2n) is 5.69. The van der Waals surface area contributed by atoms with E-state index in [0.29, 0.717) is 23.6 Å². The molecule has 0 aromatic heterocycles. The molecule has 2 aromatic carbocycles. The molecule has 25 heavy (non-hydrogen) atoms. The minimum Gasteiger partial charge on any atom is -0.493 e. The number of hydrogen-bond donors (Lipinski definition) is 2. The molecule has 130 valence electrons. The van der Waals surface area contributed by atoms with E-state index < -0.39 is 12.0 Å².